The third kappa shape index (κ3) is 3.43. The van der Waals surface area contributed by atoms with E-state index in [0.29, 0.717) is 4.88 Å². The van der Waals surface area contributed by atoms with Crippen LogP contribution in [0.1, 0.15) is 4.88 Å². The zero-order valence-corrected chi connectivity index (χ0v) is 14.1. The molecule has 4 nitrogen and oxygen atoms in total. The van der Waals surface area contributed by atoms with Gasteiger partial charge in [0.15, 0.2) is 5.71 Å². The van der Waals surface area contributed by atoms with E-state index in [-0.39, 0.29) is 0 Å². The van der Waals surface area contributed by atoms with Gasteiger partial charge in [-0.3, -0.25) is 0 Å². The van der Waals surface area contributed by atoms with Crippen LogP contribution in [0.2, 0.25) is 0 Å². The quantitative estimate of drug-likeness (QED) is 0.599. The molecule has 3 rings (SSSR count). The summed E-state index contributed by atoms with van der Waals surface area (Å²) in [5.41, 5.74) is -0.0812. The number of halogens is 3. The lowest BCUT2D eigenvalue weighted by Crippen LogP contribution is -2.24. The number of nitrogens with zero attached hydrogens (tertiary/aromatic N) is 2. The van der Waals surface area contributed by atoms with Gasteiger partial charge in [-0.15, -0.1) is 11.3 Å². The van der Waals surface area contributed by atoms with Crippen molar-refractivity contribution in [3.05, 3.63) is 46.8 Å². The minimum atomic E-state index is -4.75. The molecule has 0 radical (unpaired) electrons. The Kier molecular flexibility index (Phi) is 4.38. The average Bonchev–Trinajstić information content (AvgIpc) is 3.13. The number of alkyl halides is 3. The number of carbonyl (C=O) groups is 1. The summed E-state index contributed by atoms with van der Waals surface area (Å²) < 4.78 is 38.9. The second kappa shape index (κ2) is 6.36. The Morgan fingerprint density at radius 2 is 1.88 bits per heavy atom. The molecule has 0 N–H and O–H groups in total. The van der Waals surface area contributed by atoms with Crippen molar-refractivity contribution >= 4 is 34.1 Å². The second-order valence-electron chi connectivity index (χ2n) is 5.50. The molecule has 8 heteroatoms. The molecule has 1 aromatic carbocycles. The fourth-order valence-corrected chi connectivity index (χ4v) is 3.43. The smallest absolute Gasteiger partial charge is 0.369 e. The minimum absolute atomic E-state index is 0.508. The van der Waals surface area contributed by atoms with Gasteiger partial charge in [-0.05, 0) is 17.7 Å². The molecule has 0 atom stereocenters. The normalized spacial score (nSPS) is 16.1. The maximum atomic E-state index is 13.0. The number of benzene rings is 1. The maximum Gasteiger partial charge on any atom is 0.437 e. The summed E-state index contributed by atoms with van der Waals surface area (Å²) in [6, 6.07) is 11.2. The fraction of sp³-hybridized carbons (Fsp3) is 0.176. The number of carbonyl (C=O) groups excluding carboxylic acids is 1. The van der Waals surface area contributed by atoms with Gasteiger partial charge in [0.1, 0.15) is 0 Å². The highest BCUT2D eigenvalue weighted by atomic mass is 32.1. The Hall–Kier alpha value is -2.61. The van der Waals surface area contributed by atoms with E-state index in [0.717, 1.165) is 16.1 Å². The molecule has 0 unspecified atom stereocenters. The van der Waals surface area contributed by atoms with Crippen LogP contribution in [-0.2, 0) is 9.63 Å². The highest BCUT2D eigenvalue weighted by Crippen LogP contribution is 2.39. The summed E-state index contributed by atoms with van der Waals surface area (Å²) in [6.45, 7) is 0. The molecule has 1 aliphatic rings. The van der Waals surface area contributed by atoms with E-state index in [2.05, 4.69) is 9.99 Å². The molecule has 0 bridgehead atoms. The van der Waals surface area contributed by atoms with Gasteiger partial charge in [0, 0.05) is 24.5 Å². The van der Waals surface area contributed by atoms with Crippen molar-refractivity contribution < 1.29 is 22.8 Å². The molecule has 130 valence electrons. The first-order valence-electron chi connectivity index (χ1n) is 7.22. The topological polar surface area (TPSA) is 41.9 Å². The van der Waals surface area contributed by atoms with E-state index in [1.807, 2.05) is 49.3 Å². The Morgan fingerprint density at radius 3 is 2.48 bits per heavy atom. The van der Waals surface area contributed by atoms with Gasteiger partial charge >= 0.3 is 12.1 Å². The highest BCUT2D eigenvalue weighted by molar-refractivity contribution is 7.17. The molecular weight excluding hydrogens is 353 g/mol. The Morgan fingerprint density at radius 1 is 1.20 bits per heavy atom. The molecule has 25 heavy (non-hydrogen) atoms. The highest BCUT2D eigenvalue weighted by Gasteiger charge is 2.45. The zero-order chi connectivity index (χ0) is 18.2. The first kappa shape index (κ1) is 17.2. The van der Waals surface area contributed by atoms with E-state index in [9.17, 15) is 18.0 Å². The van der Waals surface area contributed by atoms with Gasteiger partial charge in [0.2, 0.25) is 0 Å². The Balaban J connectivity index is 2.07. The molecule has 0 saturated carbocycles. The van der Waals surface area contributed by atoms with Crippen LogP contribution < -0.4 is 4.90 Å². The van der Waals surface area contributed by atoms with E-state index in [1.54, 1.807) is 6.07 Å². The van der Waals surface area contributed by atoms with Crippen molar-refractivity contribution in [1.29, 1.82) is 0 Å². The van der Waals surface area contributed by atoms with Crippen molar-refractivity contribution in [2.75, 3.05) is 19.0 Å². The second-order valence-corrected chi connectivity index (χ2v) is 6.56. The Bertz CT molecular complexity index is 868. The number of oxime groups is 1. The van der Waals surface area contributed by atoms with Crippen molar-refractivity contribution in [1.82, 2.24) is 0 Å². The predicted molar refractivity (Wildman–Crippen MR) is 91.6 cm³/mol. The van der Waals surface area contributed by atoms with Gasteiger partial charge < -0.3 is 9.74 Å². The van der Waals surface area contributed by atoms with Gasteiger partial charge in [-0.25, -0.2) is 4.79 Å². The molecule has 1 aromatic heterocycles. The monoisotopic (exact) mass is 366 g/mol. The minimum Gasteiger partial charge on any atom is -0.369 e. The molecule has 1 aliphatic heterocycles. The van der Waals surface area contributed by atoms with E-state index >= 15 is 0 Å². The van der Waals surface area contributed by atoms with Crippen LogP contribution in [0.15, 0.2) is 47.1 Å². The van der Waals surface area contributed by atoms with Crippen LogP contribution >= 0.6 is 11.3 Å². The van der Waals surface area contributed by atoms with E-state index < -0.39 is 23.4 Å². The van der Waals surface area contributed by atoms with Crippen molar-refractivity contribution in [3.8, 4) is 11.1 Å². The molecular formula is C17H13F3N2O2S. The van der Waals surface area contributed by atoms with Gasteiger partial charge in [-0.2, -0.15) is 13.2 Å². The number of hydrogen-bond donors (Lipinski definition) is 0. The maximum absolute atomic E-state index is 13.0. The fourth-order valence-electron chi connectivity index (χ4n) is 2.38. The summed E-state index contributed by atoms with van der Waals surface area (Å²) in [7, 11) is 3.70. The molecule has 2 aromatic rings. The summed E-state index contributed by atoms with van der Waals surface area (Å²) in [6.07, 6.45) is -3.58. The van der Waals surface area contributed by atoms with Crippen LogP contribution in [0.3, 0.4) is 0 Å². The Labute approximate surface area is 145 Å². The van der Waals surface area contributed by atoms with E-state index in [4.69, 9.17) is 0 Å². The summed E-state index contributed by atoms with van der Waals surface area (Å²) in [5, 5.41) is 3.73. The molecule has 0 fully saturated rings. The lowest BCUT2D eigenvalue weighted by Gasteiger charge is -2.12. The van der Waals surface area contributed by atoms with Crippen molar-refractivity contribution in [2.24, 2.45) is 5.16 Å². The number of rotatable bonds is 3. The summed E-state index contributed by atoms with van der Waals surface area (Å²) in [5.74, 6) is -1.10. The standard InChI is InChI=1S/C17H13F3N2O2S/c1-22(2)15-12(10-6-4-3-5-7-10)8-11(25-15)9-13-14(17(18,19)20)21-24-16(13)23/h3-9H,1-2H3/b13-9-. The summed E-state index contributed by atoms with van der Waals surface area (Å²) in [4.78, 5) is 18.2. The molecule has 0 saturated heterocycles. The van der Waals surface area contributed by atoms with Crippen LogP contribution in [0.25, 0.3) is 17.2 Å². The van der Waals surface area contributed by atoms with Crippen LogP contribution in [0, 0.1) is 0 Å². The molecule has 0 aliphatic carbocycles. The van der Waals surface area contributed by atoms with Gasteiger partial charge in [0.25, 0.3) is 0 Å². The first-order chi connectivity index (χ1) is 11.8. The lowest BCUT2D eigenvalue weighted by atomic mass is 10.1. The van der Waals surface area contributed by atoms with Crippen molar-refractivity contribution in [2.45, 2.75) is 6.18 Å². The van der Waals surface area contributed by atoms with Crippen LogP contribution in [-0.4, -0.2) is 32.0 Å². The average molecular weight is 366 g/mol. The van der Waals surface area contributed by atoms with Crippen LogP contribution in [0.4, 0.5) is 18.2 Å². The molecule has 0 amide bonds. The predicted octanol–water partition coefficient (Wildman–Crippen LogP) is 4.34. The van der Waals surface area contributed by atoms with Crippen LogP contribution in [0.5, 0.6) is 0 Å². The molecule has 2 heterocycles. The first-order valence-corrected chi connectivity index (χ1v) is 8.04. The van der Waals surface area contributed by atoms with E-state index in [1.165, 1.54) is 17.4 Å². The summed E-state index contributed by atoms with van der Waals surface area (Å²) >= 11 is 1.28. The number of thiophene rings is 1. The third-order valence-corrected chi connectivity index (χ3v) is 4.72. The third-order valence-electron chi connectivity index (χ3n) is 3.47. The van der Waals surface area contributed by atoms with Gasteiger partial charge in [0.05, 0.1) is 10.6 Å². The van der Waals surface area contributed by atoms with Crippen molar-refractivity contribution in [3.63, 3.8) is 0 Å². The number of anilines is 1. The zero-order valence-electron chi connectivity index (χ0n) is 13.3. The lowest BCUT2D eigenvalue weighted by molar-refractivity contribution is -0.136. The number of hydrogen-bond acceptors (Lipinski definition) is 5. The largest absolute Gasteiger partial charge is 0.437 e. The SMILES string of the molecule is CN(C)c1sc(/C=C2\C(=O)ON=C2C(F)(F)F)cc1-c1ccccc1. The molecule has 0 spiro atoms. The van der Waals surface area contributed by atoms with Gasteiger partial charge in [-0.1, -0.05) is 35.5 Å².